The summed E-state index contributed by atoms with van der Waals surface area (Å²) >= 11 is 0. The minimum atomic E-state index is -0.685. The first-order valence-electron chi connectivity index (χ1n) is 7.09. The summed E-state index contributed by atoms with van der Waals surface area (Å²) in [4.78, 5) is 12.9. The topological polar surface area (TPSA) is 40.5 Å². The van der Waals surface area contributed by atoms with Crippen LogP contribution < -0.4 is 0 Å². The van der Waals surface area contributed by atoms with Gasteiger partial charge in [-0.3, -0.25) is 9.69 Å². The van der Waals surface area contributed by atoms with Crippen molar-refractivity contribution in [1.29, 1.82) is 0 Å². The van der Waals surface area contributed by atoms with Crippen LogP contribution in [0.25, 0.3) is 0 Å². The Bertz CT molecular complexity index is 468. The molecule has 0 bridgehead atoms. The number of nitrogens with zero attached hydrogens (tertiary/aromatic N) is 1. The fourth-order valence-corrected chi connectivity index (χ4v) is 2.98. The zero-order valence-electron chi connectivity index (χ0n) is 11.9. The Balaban J connectivity index is 1.89. The summed E-state index contributed by atoms with van der Waals surface area (Å²) in [7, 11) is 0. The number of carboxylic acid groups (broad SMARTS) is 1. The maximum atomic E-state index is 10.5. The van der Waals surface area contributed by atoms with E-state index in [1.54, 1.807) is 0 Å². The maximum Gasteiger partial charge on any atom is 0.303 e. The molecule has 0 radical (unpaired) electrons. The molecule has 0 aromatic heterocycles. The van der Waals surface area contributed by atoms with E-state index in [-0.39, 0.29) is 0 Å². The smallest absolute Gasteiger partial charge is 0.303 e. The van der Waals surface area contributed by atoms with Crippen molar-refractivity contribution in [1.82, 2.24) is 4.90 Å². The summed E-state index contributed by atoms with van der Waals surface area (Å²) < 4.78 is 0. The second kappa shape index (κ2) is 6.20. The molecule has 3 nitrogen and oxygen atoms in total. The number of aryl methyl sites for hydroxylation is 2. The van der Waals surface area contributed by atoms with Gasteiger partial charge in [0.05, 0.1) is 0 Å². The number of hydrogen-bond donors (Lipinski definition) is 1. The lowest BCUT2D eigenvalue weighted by Gasteiger charge is -2.30. The molecule has 2 rings (SSSR count). The quantitative estimate of drug-likeness (QED) is 0.828. The molecule has 0 aliphatic carbocycles. The number of aliphatic carboxylic acids is 1. The lowest BCUT2D eigenvalue weighted by Crippen LogP contribution is -2.31. The van der Waals surface area contributed by atoms with Gasteiger partial charge in [-0.1, -0.05) is 17.7 Å². The van der Waals surface area contributed by atoms with Crippen molar-refractivity contribution < 1.29 is 9.90 Å². The normalized spacial score (nSPS) is 15.3. The van der Waals surface area contributed by atoms with E-state index in [4.69, 9.17) is 5.11 Å². The molecule has 0 unspecified atom stereocenters. The van der Waals surface area contributed by atoms with Gasteiger partial charge in [0.25, 0.3) is 0 Å². The highest BCUT2D eigenvalue weighted by Crippen LogP contribution is 2.24. The van der Waals surface area contributed by atoms with Gasteiger partial charge in [-0.25, -0.2) is 0 Å². The van der Waals surface area contributed by atoms with Crippen molar-refractivity contribution in [2.75, 3.05) is 13.1 Å². The number of unbranched alkanes of at least 4 members (excludes halogenated alkanes) is 1. The minimum Gasteiger partial charge on any atom is -0.481 e. The lowest BCUT2D eigenvalue weighted by molar-refractivity contribution is -0.137. The molecule has 1 heterocycles. The Kier molecular flexibility index (Phi) is 4.59. The average molecular weight is 261 g/mol. The fourth-order valence-electron chi connectivity index (χ4n) is 2.98. The first-order valence-corrected chi connectivity index (χ1v) is 7.09. The van der Waals surface area contributed by atoms with Gasteiger partial charge in [0.1, 0.15) is 0 Å². The molecule has 0 atom stereocenters. The van der Waals surface area contributed by atoms with Gasteiger partial charge in [0.2, 0.25) is 0 Å². The predicted octanol–water partition coefficient (Wildman–Crippen LogP) is 2.92. The van der Waals surface area contributed by atoms with E-state index in [0.717, 1.165) is 38.9 Å². The molecule has 3 heteroatoms. The van der Waals surface area contributed by atoms with E-state index in [2.05, 4.69) is 30.9 Å². The summed E-state index contributed by atoms with van der Waals surface area (Å²) in [6.45, 7) is 7.49. The summed E-state index contributed by atoms with van der Waals surface area (Å²) in [6, 6.07) is 4.56. The van der Waals surface area contributed by atoms with Crippen LogP contribution in [0.15, 0.2) is 12.1 Å². The Labute approximate surface area is 115 Å². The van der Waals surface area contributed by atoms with Crippen molar-refractivity contribution in [2.24, 2.45) is 0 Å². The van der Waals surface area contributed by atoms with Crippen LogP contribution in [0.3, 0.4) is 0 Å². The summed E-state index contributed by atoms with van der Waals surface area (Å²) in [6.07, 6.45) is 3.18. The molecule has 0 saturated heterocycles. The van der Waals surface area contributed by atoms with Gasteiger partial charge in [0, 0.05) is 19.5 Å². The van der Waals surface area contributed by atoms with Crippen molar-refractivity contribution in [3.63, 3.8) is 0 Å². The predicted molar refractivity (Wildman–Crippen MR) is 76.4 cm³/mol. The number of carboxylic acids is 1. The van der Waals surface area contributed by atoms with E-state index in [9.17, 15) is 4.79 Å². The van der Waals surface area contributed by atoms with E-state index >= 15 is 0 Å². The summed E-state index contributed by atoms with van der Waals surface area (Å²) in [5.41, 5.74) is 5.74. The molecule has 0 fully saturated rings. The number of carbonyl (C=O) groups is 1. The maximum absolute atomic E-state index is 10.5. The zero-order valence-corrected chi connectivity index (χ0v) is 11.9. The van der Waals surface area contributed by atoms with Crippen molar-refractivity contribution in [3.05, 3.63) is 34.4 Å². The highest BCUT2D eigenvalue weighted by Gasteiger charge is 2.17. The van der Waals surface area contributed by atoms with Gasteiger partial charge in [0.15, 0.2) is 0 Å². The zero-order chi connectivity index (χ0) is 13.8. The van der Waals surface area contributed by atoms with Crippen LogP contribution in [0.1, 0.15) is 41.5 Å². The SMILES string of the molecule is Cc1cc(C)c2c(c1)CN(CCCCC(=O)O)CC2. The van der Waals surface area contributed by atoms with Gasteiger partial charge in [-0.15, -0.1) is 0 Å². The Morgan fingerprint density at radius 2 is 2.11 bits per heavy atom. The van der Waals surface area contributed by atoms with E-state index in [1.165, 1.54) is 22.3 Å². The largest absolute Gasteiger partial charge is 0.481 e. The molecule has 0 amide bonds. The average Bonchev–Trinajstić information content (AvgIpc) is 2.33. The van der Waals surface area contributed by atoms with Crippen LogP contribution in [-0.4, -0.2) is 29.1 Å². The van der Waals surface area contributed by atoms with Gasteiger partial charge in [-0.2, -0.15) is 0 Å². The van der Waals surface area contributed by atoms with Gasteiger partial charge in [-0.05, 0) is 56.3 Å². The Morgan fingerprint density at radius 3 is 2.84 bits per heavy atom. The van der Waals surface area contributed by atoms with Crippen LogP contribution >= 0.6 is 0 Å². The number of fused-ring (bicyclic) bond motifs is 1. The Morgan fingerprint density at radius 1 is 1.32 bits per heavy atom. The van der Waals surface area contributed by atoms with Crippen LogP contribution in [0.2, 0.25) is 0 Å². The molecular formula is C16H23NO2. The molecule has 1 N–H and O–H groups in total. The molecule has 1 aromatic carbocycles. The monoisotopic (exact) mass is 261 g/mol. The lowest BCUT2D eigenvalue weighted by atomic mass is 9.93. The molecule has 1 aliphatic rings. The van der Waals surface area contributed by atoms with E-state index in [1.807, 2.05) is 0 Å². The second-order valence-electron chi connectivity index (χ2n) is 5.60. The van der Waals surface area contributed by atoms with Crippen LogP contribution in [0.4, 0.5) is 0 Å². The molecule has 0 spiro atoms. The number of benzene rings is 1. The third-order valence-electron chi connectivity index (χ3n) is 3.90. The third-order valence-corrected chi connectivity index (χ3v) is 3.90. The highest BCUT2D eigenvalue weighted by molar-refractivity contribution is 5.66. The third kappa shape index (κ3) is 3.80. The van der Waals surface area contributed by atoms with Gasteiger partial charge >= 0.3 is 5.97 Å². The van der Waals surface area contributed by atoms with Crippen LogP contribution in [-0.2, 0) is 17.8 Å². The minimum absolute atomic E-state index is 0.294. The Hall–Kier alpha value is -1.35. The van der Waals surface area contributed by atoms with Crippen molar-refractivity contribution in [3.8, 4) is 0 Å². The fraction of sp³-hybridized carbons (Fsp3) is 0.562. The van der Waals surface area contributed by atoms with Crippen molar-refractivity contribution in [2.45, 2.75) is 46.1 Å². The van der Waals surface area contributed by atoms with Crippen LogP contribution in [0.5, 0.6) is 0 Å². The molecule has 0 saturated carbocycles. The molecule has 104 valence electrons. The van der Waals surface area contributed by atoms with E-state index < -0.39 is 5.97 Å². The highest BCUT2D eigenvalue weighted by atomic mass is 16.4. The first kappa shape index (κ1) is 14.1. The first-order chi connectivity index (χ1) is 9.06. The van der Waals surface area contributed by atoms with Crippen molar-refractivity contribution >= 4 is 5.97 Å². The number of hydrogen-bond acceptors (Lipinski definition) is 2. The molecular weight excluding hydrogens is 238 g/mol. The summed E-state index contributed by atoms with van der Waals surface area (Å²) in [5.74, 6) is -0.685. The number of rotatable bonds is 5. The van der Waals surface area contributed by atoms with Gasteiger partial charge < -0.3 is 5.11 Å². The molecule has 1 aliphatic heterocycles. The van der Waals surface area contributed by atoms with E-state index in [0.29, 0.717) is 6.42 Å². The van der Waals surface area contributed by atoms with Crippen LogP contribution in [0, 0.1) is 13.8 Å². The molecule has 19 heavy (non-hydrogen) atoms. The summed E-state index contributed by atoms with van der Waals surface area (Å²) in [5, 5.41) is 8.63. The second-order valence-corrected chi connectivity index (χ2v) is 5.60. The molecule has 1 aromatic rings. The standard InChI is InChI=1S/C16H23NO2/c1-12-9-13(2)15-6-8-17(11-14(15)10-12)7-4-3-5-16(18)19/h9-10H,3-8,11H2,1-2H3,(H,18,19).